The van der Waals surface area contributed by atoms with Crippen molar-refractivity contribution in [3.05, 3.63) is 46.3 Å². The van der Waals surface area contributed by atoms with E-state index in [1.165, 1.54) is 17.5 Å². The maximum atomic E-state index is 12.1. The van der Waals surface area contributed by atoms with Crippen molar-refractivity contribution in [3.8, 4) is 0 Å². The van der Waals surface area contributed by atoms with Crippen LogP contribution in [0.3, 0.4) is 0 Å². The number of rotatable bonds is 3. The zero-order chi connectivity index (χ0) is 14.1. The van der Waals surface area contributed by atoms with Gasteiger partial charge in [0, 0.05) is 24.5 Å². The predicted molar refractivity (Wildman–Crippen MR) is 82.4 cm³/mol. The molecule has 0 aliphatic carbocycles. The van der Waals surface area contributed by atoms with Crippen LogP contribution < -0.4 is 10.2 Å². The molecule has 5 heteroatoms. The number of nitrogens with one attached hydrogen (secondary N) is 1. The van der Waals surface area contributed by atoms with E-state index in [1.807, 2.05) is 12.1 Å². The normalized spacial score (nSPS) is 13.4. The summed E-state index contributed by atoms with van der Waals surface area (Å²) in [7, 11) is 0. The highest BCUT2D eigenvalue weighted by molar-refractivity contribution is 9.10. The molecule has 0 unspecified atom stereocenters. The molecule has 0 bridgehead atoms. The molecule has 1 N–H and O–H groups in total. The summed E-state index contributed by atoms with van der Waals surface area (Å²) in [5, 5.41) is 2.90. The lowest BCUT2D eigenvalue weighted by molar-refractivity contribution is 0.102. The number of nitrogens with zero attached hydrogens (tertiary/aromatic N) is 1. The van der Waals surface area contributed by atoms with Gasteiger partial charge in [-0.15, -0.1) is 0 Å². The lowest BCUT2D eigenvalue weighted by Crippen LogP contribution is -2.19. The number of fused-ring (bicyclic) bond motifs is 1. The number of carbonyl (C=O) groups excluding carboxylic acids is 1. The average Bonchev–Trinajstić information content (AvgIpc) is 3.04. The topological polar surface area (TPSA) is 45.5 Å². The predicted octanol–water partition coefficient (Wildman–Crippen LogP) is 3.68. The Balaban J connectivity index is 1.82. The van der Waals surface area contributed by atoms with E-state index in [1.54, 1.807) is 6.07 Å². The summed E-state index contributed by atoms with van der Waals surface area (Å²) in [5.41, 5.74) is 3.87. The zero-order valence-corrected chi connectivity index (χ0v) is 12.7. The molecule has 0 saturated carbocycles. The highest BCUT2D eigenvalue weighted by Crippen LogP contribution is 2.31. The van der Waals surface area contributed by atoms with E-state index in [-0.39, 0.29) is 5.91 Å². The van der Waals surface area contributed by atoms with Crippen LogP contribution in [0.2, 0.25) is 0 Å². The van der Waals surface area contributed by atoms with Crippen LogP contribution in [0.15, 0.2) is 39.6 Å². The molecule has 0 spiro atoms. The summed E-state index contributed by atoms with van der Waals surface area (Å²) in [6, 6.07) is 7.72. The van der Waals surface area contributed by atoms with E-state index in [4.69, 9.17) is 4.42 Å². The summed E-state index contributed by atoms with van der Waals surface area (Å²) in [6.45, 7) is 4.18. The summed E-state index contributed by atoms with van der Waals surface area (Å²) in [6.07, 6.45) is 2.56. The molecule has 2 heterocycles. The highest BCUT2D eigenvalue weighted by atomic mass is 79.9. The Morgan fingerprint density at radius 3 is 3.00 bits per heavy atom. The van der Waals surface area contributed by atoms with Crippen LogP contribution >= 0.6 is 15.9 Å². The first-order valence-corrected chi connectivity index (χ1v) is 7.40. The fraction of sp³-hybridized carbons (Fsp3) is 0.267. The molecule has 0 atom stereocenters. The quantitative estimate of drug-likeness (QED) is 0.931. The first kappa shape index (κ1) is 13.2. The molecule has 0 radical (unpaired) electrons. The van der Waals surface area contributed by atoms with E-state index >= 15 is 0 Å². The van der Waals surface area contributed by atoms with Crippen LogP contribution in [0.4, 0.5) is 11.4 Å². The molecule has 2 aromatic rings. The third-order valence-corrected chi connectivity index (χ3v) is 4.19. The molecule has 1 aliphatic rings. The van der Waals surface area contributed by atoms with Gasteiger partial charge in [-0.1, -0.05) is 6.07 Å². The second-order valence-electron chi connectivity index (χ2n) is 4.74. The second-order valence-corrected chi connectivity index (χ2v) is 5.46. The van der Waals surface area contributed by atoms with Gasteiger partial charge < -0.3 is 14.6 Å². The number of likely N-dealkylation sites (N-methyl/N-ethyl adjacent to an activating group) is 1. The number of benzene rings is 1. The van der Waals surface area contributed by atoms with E-state index in [9.17, 15) is 4.79 Å². The molecular formula is C15H15BrN2O2. The molecule has 1 aliphatic heterocycles. The van der Waals surface area contributed by atoms with Crippen LogP contribution in [0.1, 0.15) is 22.8 Å². The number of furan rings is 1. The molecule has 4 nitrogen and oxygen atoms in total. The number of hydrogen-bond donors (Lipinski definition) is 1. The van der Waals surface area contributed by atoms with Crippen molar-refractivity contribution < 1.29 is 9.21 Å². The van der Waals surface area contributed by atoms with Gasteiger partial charge in [-0.3, -0.25) is 4.79 Å². The highest BCUT2D eigenvalue weighted by Gasteiger charge is 2.19. The number of carbonyl (C=O) groups is 1. The van der Waals surface area contributed by atoms with Gasteiger partial charge in [0.25, 0.3) is 5.91 Å². The van der Waals surface area contributed by atoms with Crippen molar-refractivity contribution in [1.82, 2.24) is 0 Å². The van der Waals surface area contributed by atoms with E-state index in [0.717, 1.165) is 25.2 Å². The fourth-order valence-corrected chi connectivity index (χ4v) is 2.93. The summed E-state index contributed by atoms with van der Waals surface area (Å²) in [4.78, 5) is 14.5. The summed E-state index contributed by atoms with van der Waals surface area (Å²) < 4.78 is 5.53. The maximum Gasteiger partial charge on any atom is 0.260 e. The van der Waals surface area contributed by atoms with Gasteiger partial charge in [0.05, 0.1) is 11.8 Å². The SMILES string of the molecule is CCN1CCc2ccc(NC(=O)c3ccoc3Br)cc21. The fourth-order valence-electron chi connectivity index (χ4n) is 2.51. The maximum absolute atomic E-state index is 12.1. The largest absolute Gasteiger partial charge is 0.457 e. The number of anilines is 2. The van der Waals surface area contributed by atoms with Crippen molar-refractivity contribution >= 4 is 33.2 Å². The molecule has 3 rings (SSSR count). The Hall–Kier alpha value is -1.75. The minimum absolute atomic E-state index is 0.174. The summed E-state index contributed by atoms with van der Waals surface area (Å²) >= 11 is 3.22. The van der Waals surface area contributed by atoms with Crippen molar-refractivity contribution in [2.45, 2.75) is 13.3 Å². The van der Waals surface area contributed by atoms with Crippen LogP contribution in [0, 0.1) is 0 Å². The molecule has 1 aromatic carbocycles. The van der Waals surface area contributed by atoms with Crippen molar-refractivity contribution in [3.63, 3.8) is 0 Å². The third-order valence-electron chi connectivity index (χ3n) is 3.58. The van der Waals surface area contributed by atoms with E-state index < -0.39 is 0 Å². The van der Waals surface area contributed by atoms with Gasteiger partial charge in [-0.05, 0) is 53.0 Å². The minimum atomic E-state index is -0.174. The lowest BCUT2D eigenvalue weighted by Gasteiger charge is -2.17. The van der Waals surface area contributed by atoms with Gasteiger partial charge in [-0.2, -0.15) is 0 Å². The standard InChI is InChI=1S/C15H15BrN2O2/c1-2-18-7-5-10-3-4-11(9-13(10)18)17-15(19)12-6-8-20-14(12)16/h3-4,6,8-9H,2,5,7H2,1H3,(H,17,19). The first-order chi connectivity index (χ1) is 9.69. The minimum Gasteiger partial charge on any atom is -0.457 e. The number of hydrogen-bond acceptors (Lipinski definition) is 3. The molecule has 0 fully saturated rings. The smallest absolute Gasteiger partial charge is 0.260 e. The van der Waals surface area contributed by atoms with Crippen LogP contribution in [0.5, 0.6) is 0 Å². The van der Waals surface area contributed by atoms with Gasteiger partial charge in [0.1, 0.15) is 0 Å². The van der Waals surface area contributed by atoms with Crippen molar-refractivity contribution in [2.75, 3.05) is 23.3 Å². The van der Waals surface area contributed by atoms with Gasteiger partial charge in [-0.25, -0.2) is 0 Å². The van der Waals surface area contributed by atoms with Crippen molar-refractivity contribution in [2.24, 2.45) is 0 Å². The Bertz CT molecular complexity index is 651. The number of halogens is 1. The van der Waals surface area contributed by atoms with Gasteiger partial charge in [0.2, 0.25) is 0 Å². The Labute approximate surface area is 125 Å². The monoisotopic (exact) mass is 334 g/mol. The van der Waals surface area contributed by atoms with E-state index in [0.29, 0.717) is 10.2 Å². The molecular weight excluding hydrogens is 320 g/mol. The molecule has 0 saturated heterocycles. The number of amides is 1. The molecule has 20 heavy (non-hydrogen) atoms. The second kappa shape index (κ2) is 5.32. The Morgan fingerprint density at radius 1 is 1.45 bits per heavy atom. The van der Waals surface area contributed by atoms with Crippen LogP contribution in [-0.2, 0) is 6.42 Å². The van der Waals surface area contributed by atoms with E-state index in [2.05, 4.69) is 39.1 Å². The molecule has 1 amide bonds. The average molecular weight is 335 g/mol. The lowest BCUT2D eigenvalue weighted by atomic mass is 10.1. The first-order valence-electron chi connectivity index (χ1n) is 6.61. The van der Waals surface area contributed by atoms with Crippen molar-refractivity contribution in [1.29, 1.82) is 0 Å². The van der Waals surface area contributed by atoms with Crippen LogP contribution in [-0.4, -0.2) is 19.0 Å². The van der Waals surface area contributed by atoms with Crippen LogP contribution in [0.25, 0.3) is 0 Å². The third kappa shape index (κ3) is 2.33. The van der Waals surface area contributed by atoms with Gasteiger partial charge in [0.15, 0.2) is 4.67 Å². The Morgan fingerprint density at radius 2 is 2.30 bits per heavy atom. The summed E-state index contributed by atoms with van der Waals surface area (Å²) in [5.74, 6) is -0.174. The zero-order valence-electron chi connectivity index (χ0n) is 11.1. The molecule has 104 valence electrons. The molecule has 1 aromatic heterocycles. The Kier molecular flexibility index (Phi) is 3.53. The van der Waals surface area contributed by atoms with Gasteiger partial charge >= 0.3 is 0 Å².